The number of nitrogens with two attached hydrogens (primary N) is 1. The van der Waals surface area contributed by atoms with Crippen LogP contribution in [0.1, 0.15) is 49.3 Å². The van der Waals surface area contributed by atoms with Gasteiger partial charge in [0.05, 0.1) is 17.6 Å². The molecule has 2 aromatic heterocycles. The van der Waals surface area contributed by atoms with Crippen LogP contribution in [0.2, 0.25) is 0 Å². The van der Waals surface area contributed by atoms with Gasteiger partial charge in [-0.05, 0) is 56.4 Å². The number of carbonyl (C=O) groups excluding carboxylic acids is 1. The molecule has 2 aliphatic heterocycles. The smallest absolute Gasteiger partial charge is 0.290 e. The summed E-state index contributed by atoms with van der Waals surface area (Å²) in [5.41, 5.74) is 6.71. The van der Waals surface area contributed by atoms with E-state index < -0.39 is 5.60 Å². The van der Waals surface area contributed by atoms with Gasteiger partial charge in [-0.25, -0.2) is 9.97 Å². The van der Waals surface area contributed by atoms with Gasteiger partial charge < -0.3 is 20.5 Å². The maximum absolute atomic E-state index is 13.3. The van der Waals surface area contributed by atoms with Crippen LogP contribution in [0, 0.1) is 23.7 Å². The van der Waals surface area contributed by atoms with Gasteiger partial charge in [-0.1, -0.05) is 18.8 Å². The number of rotatable bonds is 3. The Kier molecular flexibility index (Phi) is 6.17. The summed E-state index contributed by atoms with van der Waals surface area (Å²) in [6.07, 6.45) is 4.39. The molecule has 3 atom stereocenters. The highest BCUT2D eigenvalue weighted by molar-refractivity contribution is 5.96. The Morgan fingerprint density at radius 3 is 2.77 bits per heavy atom. The van der Waals surface area contributed by atoms with Crippen molar-refractivity contribution in [2.45, 2.75) is 38.7 Å². The highest BCUT2D eigenvalue weighted by Crippen LogP contribution is 2.29. The van der Waals surface area contributed by atoms with Crippen LogP contribution in [-0.2, 0) is 4.74 Å². The molecule has 0 saturated carbocycles. The largest absolute Gasteiger partial charge is 0.381 e. The molecule has 35 heavy (non-hydrogen) atoms. The van der Waals surface area contributed by atoms with Crippen LogP contribution < -0.4 is 5.73 Å². The maximum atomic E-state index is 13.3. The van der Waals surface area contributed by atoms with E-state index in [2.05, 4.69) is 33.7 Å². The quantitative estimate of drug-likeness (QED) is 0.560. The highest BCUT2D eigenvalue weighted by Gasteiger charge is 2.34. The minimum absolute atomic E-state index is 0.0540. The van der Waals surface area contributed by atoms with Gasteiger partial charge in [-0.3, -0.25) is 9.36 Å². The van der Waals surface area contributed by atoms with Crippen molar-refractivity contribution in [3.05, 3.63) is 41.9 Å². The van der Waals surface area contributed by atoms with E-state index in [4.69, 9.17) is 10.5 Å². The first kappa shape index (κ1) is 23.3. The molecule has 182 valence electrons. The summed E-state index contributed by atoms with van der Waals surface area (Å²) in [4.78, 5) is 28.1. The Balaban J connectivity index is 1.56. The zero-order chi connectivity index (χ0) is 24.6. The molecule has 0 bridgehead atoms. The van der Waals surface area contributed by atoms with E-state index in [9.17, 15) is 9.90 Å². The number of aliphatic hydroxyl groups is 1. The summed E-state index contributed by atoms with van der Waals surface area (Å²) in [6.45, 7) is 6.49. The van der Waals surface area contributed by atoms with Crippen molar-refractivity contribution in [1.29, 1.82) is 0 Å². The van der Waals surface area contributed by atoms with E-state index in [1.807, 2.05) is 23.1 Å². The number of amides is 1. The van der Waals surface area contributed by atoms with E-state index in [1.54, 1.807) is 23.8 Å². The lowest BCUT2D eigenvalue weighted by Crippen LogP contribution is -2.40. The van der Waals surface area contributed by atoms with Crippen LogP contribution in [-0.4, -0.2) is 67.3 Å². The van der Waals surface area contributed by atoms with Crippen LogP contribution in [0.15, 0.2) is 30.5 Å². The second kappa shape index (κ2) is 9.29. The molecule has 0 radical (unpaired) electrons. The fraction of sp³-hybridized carbons (Fsp3) is 0.462. The first-order chi connectivity index (χ1) is 16.8. The molecule has 2 aliphatic rings. The summed E-state index contributed by atoms with van der Waals surface area (Å²) < 4.78 is 7.35. The van der Waals surface area contributed by atoms with Crippen molar-refractivity contribution in [2.75, 3.05) is 32.0 Å². The first-order valence-electron chi connectivity index (χ1n) is 12.1. The average Bonchev–Trinajstić information content (AvgIpc) is 3.50. The van der Waals surface area contributed by atoms with E-state index in [0.29, 0.717) is 54.6 Å². The number of nitrogens with zero attached hydrogens (tertiary/aromatic N) is 5. The number of fused-ring (bicyclic) bond motifs is 1. The number of carbonyl (C=O) groups is 1. The minimum Gasteiger partial charge on any atom is -0.381 e. The number of aromatic nitrogens is 4. The van der Waals surface area contributed by atoms with Crippen LogP contribution in [0.5, 0.6) is 0 Å². The van der Waals surface area contributed by atoms with Gasteiger partial charge in [-0.2, -0.15) is 4.98 Å². The second-order valence-corrected chi connectivity index (χ2v) is 9.72. The Morgan fingerprint density at radius 1 is 1.23 bits per heavy atom. The van der Waals surface area contributed by atoms with Gasteiger partial charge in [0.15, 0.2) is 0 Å². The number of ether oxygens (including phenoxy) is 1. The monoisotopic (exact) mass is 474 g/mol. The van der Waals surface area contributed by atoms with Crippen LogP contribution >= 0.6 is 0 Å². The molecule has 4 heterocycles. The fourth-order valence-electron chi connectivity index (χ4n) is 4.80. The van der Waals surface area contributed by atoms with Crippen molar-refractivity contribution in [3.8, 4) is 17.7 Å². The SMILES string of the molecule is CC1COCC(C(C)(O)C#Cc2ccc3nc(C(=O)N4CCCC4)n(-c4ccnc(N)n4)c3c2)C1. The lowest BCUT2D eigenvalue weighted by atomic mass is 9.82. The van der Waals surface area contributed by atoms with Crippen molar-refractivity contribution in [2.24, 2.45) is 11.8 Å². The number of benzene rings is 1. The number of anilines is 1. The molecule has 3 N–H and O–H groups in total. The van der Waals surface area contributed by atoms with Gasteiger partial charge in [0.1, 0.15) is 11.4 Å². The van der Waals surface area contributed by atoms with E-state index in [-0.39, 0.29) is 23.6 Å². The molecule has 1 amide bonds. The second-order valence-electron chi connectivity index (χ2n) is 9.72. The van der Waals surface area contributed by atoms with E-state index in [1.165, 1.54) is 0 Å². The molecule has 5 rings (SSSR count). The Bertz CT molecular complexity index is 1320. The van der Waals surface area contributed by atoms with Crippen molar-refractivity contribution >= 4 is 22.9 Å². The van der Waals surface area contributed by atoms with Gasteiger partial charge >= 0.3 is 0 Å². The van der Waals surface area contributed by atoms with Gasteiger partial charge in [0.25, 0.3) is 5.91 Å². The summed E-state index contributed by atoms with van der Waals surface area (Å²) in [7, 11) is 0. The van der Waals surface area contributed by atoms with Gasteiger partial charge in [-0.15, -0.1) is 0 Å². The third kappa shape index (κ3) is 4.72. The van der Waals surface area contributed by atoms with Gasteiger partial charge in [0.2, 0.25) is 11.8 Å². The predicted octanol–water partition coefficient (Wildman–Crippen LogP) is 2.41. The minimum atomic E-state index is -1.18. The maximum Gasteiger partial charge on any atom is 0.290 e. The first-order valence-corrected chi connectivity index (χ1v) is 12.1. The third-order valence-corrected chi connectivity index (χ3v) is 6.79. The molecule has 9 nitrogen and oxygen atoms in total. The molecule has 3 aromatic rings. The number of hydrogen-bond donors (Lipinski definition) is 2. The number of nitrogen functional groups attached to an aromatic ring is 1. The average molecular weight is 475 g/mol. The Morgan fingerprint density at radius 2 is 2.03 bits per heavy atom. The van der Waals surface area contributed by atoms with Crippen LogP contribution in [0.4, 0.5) is 5.95 Å². The molecule has 2 saturated heterocycles. The molecular formula is C26H30N6O3. The van der Waals surface area contributed by atoms with Gasteiger partial charge in [0, 0.05) is 37.4 Å². The molecular weight excluding hydrogens is 444 g/mol. The number of likely N-dealkylation sites (tertiary alicyclic amines) is 1. The summed E-state index contributed by atoms with van der Waals surface area (Å²) in [5, 5.41) is 11.0. The predicted molar refractivity (Wildman–Crippen MR) is 132 cm³/mol. The number of hydrogen-bond acceptors (Lipinski definition) is 7. The fourth-order valence-corrected chi connectivity index (χ4v) is 4.80. The molecule has 0 spiro atoms. The molecule has 1 aromatic carbocycles. The zero-order valence-corrected chi connectivity index (χ0v) is 20.1. The summed E-state index contributed by atoms with van der Waals surface area (Å²) in [5.74, 6) is 7.22. The standard InChI is InChI=1S/C26H30N6O3/c1-17-13-19(16-35-15-17)26(2,34)9-7-18-5-6-20-21(14-18)32(22-8-10-28-25(27)30-22)23(29-20)24(33)31-11-3-4-12-31/h5-6,8,10,14,17,19,34H,3-4,11-13,15-16H2,1-2H3,(H2,27,28,30). The van der Waals surface area contributed by atoms with Crippen molar-refractivity contribution < 1.29 is 14.6 Å². The Labute approximate surface area is 204 Å². The lowest BCUT2D eigenvalue weighted by molar-refractivity contribution is -0.0547. The topological polar surface area (TPSA) is 119 Å². The Hall–Kier alpha value is -3.48. The van der Waals surface area contributed by atoms with E-state index >= 15 is 0 Å². The van der Waals surface area contributed by atoms with Crippen molar-refractivity contribution in [1.82, 2.24) is 24.4 Å². The molecule has 0 aliphatic carbocycles. The molecule has 2 fully saturated rings. The van der Waals surface area contributed by atoms with E-state index in [0.717, 1.165) is 19.3 Å². The number of imidazole rings is 1. The summed E-state index contributed by atoms with van der Waals surface area (Å²) >= 11 is 0. The normalized spacial score (nSPS) is 22.0. The third-order valence-electron chi connectivity index (χ3n) is 6.79. The molecule has 3 unspecified atom stereocenters. The van der Waals surface area contributed by atoms with Crippen molar-refractivity contribution in [3.63, 3.8) is 0 Å². The summed E-state index contributed by atoms with van der Waals surface area (Å²) in [6, 6.07) is 7.25. The molecule has 9 heteroatoms. The highest BCUT2D eigenvalue weighted by atomic mass is 16.5. The van der Waals surface area contributed by atoms with Crippen LogP contribution in [0.25, 0.3) is 16.9 Å². The lowest BCUT2D eigenvalue weighted by Gasteiger charge is -2.34. The zero-order valence-electron chi connectivity index (χ0n) is 20.1. The van der Waals surface area contributed by atoms with Crippen LogP contribution in [0.3, 0.4) is 0 Å².